The number of aryl methyl sites for hydroxylation is 1. The molecule has 0 aromatic heterocycles. The van der Waals surface area contributed by atoms with Crippen molar-refractivity contribution in [1.82, 2.24) is 0 Å². The van der Waals surface area contributed by atoms with E-state index >= 15 is 0 Å². The minimum Gasteiger partial charge on any atom is -0.0622 e. The summed E-state index contributed by atoms with van der Waals surface area (Å²) in [6, 6.07) is 61.2. The van der Waals surface area contributed by atoms with E-state index in [1.54, 1.807) is 0 Å². The summed E-state index contributed by atoms with van der Waals surface area (Å²) in [7, 11) is 0. The van der Waals surface area contributed by atoms with Gasteiger partial charge in [0.15, 0.2) is 0 Å². The van der Waals surface area contributed by atoms with Gasteiger partial charge in [0.25, 0.3) is 0 Å². The summed E-state index contributed by atoms with van der Waals surface area (Å²) in [5.41, 5.74) is 14.3. The lowest BCUT2D eigenvalue weighted by Gasteiger charge is -2.22. The zero-order valence-corrected chi connectivity index (χ0v) is 27.1. The molecule has 0 radical (unpaired) electrons. The van der Waals surface area contributed by atoms with E-state index in [9.17, 15) is 0 Å². The molecule has 0 aliphatic heterocycles. The second kappa shape index (κ2) is 9.89. The van der Waals surface area contributed by atoms with Gasteiger partial charge in [0, 0.05) is 0 Å². The highest BCUT2D eigenvalue weighted by atomic mass is 14.3. The van der Waals surface area contributed by atoms with Crippen LogP contribution < -0.4 is 0 Å². The van der Waals surface area contributed by atoms with Gasteiger partial charge in [-0.15, -0.1) is 0 Å². The second-order valence-corrected chi connectivity index (χ2v) is 13.6. The zero-order valence-electron chi connectivity index (χ0n) is 27.1. The van der Waals surface area contributed by atoms with Gasteiger partial charge in [0.1, 0.15) is 0 Å². The normalized spacial score (nSPS) is 12.2. The van der Waals surface area contributed by atoms with E-state index in [-0.39, 0.29) is 0 Å². The summed E-state index contributed by atoms with van der Waals surface area (Å²) in [6.07, 6.45) is 0. The van der Waals surface area contributed by atoms with Gasteiger partial charge in [-0.05, 0) is 116 Å². The molecule has 0 heterocycles. The highest BCUT2D eigenvalue weighted by Gasteiger charge is 2.32. The molecule has 0 atom stereocenters. The average Bonchev–Trinajstić information content (AvgIpc) is 3.49. The summed E-state index contributed by atoms with van der Waals surface area (Å²) in [6.45, 7) is 2.20. The fourth-order valence-electron chi connectivity index (χ4n) is 9.08. The van der Waals surface area contributed by atoms with Crippen molar-refractivity contribution in [3.05, 3.63) is 169 Å². The van der Waals surface area contributed by atoms with Crippen molar-refractivity contribution in [2.75, 3.05) is 0 Å². The van der Waals surface area contributed by atoms with Gasteiger partial charge in [0.05, 0.1) is 0 Å². The molecule has 0 N–H and O–H groups in total. The molecule has 0 unspecified atom stereocenters. The van der Waals surface area contributed by atoms with Crippen LogP contribution in [0.4, 0.5) is 0 Å². The number of hydrogen-bond acceptors (Lipinski definition) is 0. The predicted octanol–water partition coefficient (Wildman–Crippen LogP) is 13.8. The summed E-state index contributed by atoms with van der Waals surface area (Å²) in [5, 5.41) is 13.3. The molecule has 0 saturated carbocycles. The second-order valence-electron chi connectivity index (χ2n) is 13.6. The molecule has 0 bridgehead atoms. The van der Waals surface area contributed by atoms with Gasteiger partial charge in [-0.25, -0.2) is 0 Å². The minimum absolute atomic E-state index is 1.23. The SMILES string of the molecule is Cc1cccc(-c2c3c(c(-c4ccccc4-c4ccccc4)c4ccccc24)-c2ccc4c5cccc6cccc(c7ccc-3c2c74)c65)c1. The lowest BCUT2D eigenvalue weighted by atomic mass is 9.81. The van der Waals surface area contributed by atoms with E-state index in [4.69, 9.17) is 0 Å². The number of benzene rings is 10. The highest BCUT2D eigenvalue weighted by Crippen LogP contribution is 2.60. The van der Waals surface area contributed by atoms with E-state index in [1.807, 2.05) is 0 Å². The Morgan fingerprint density at radius 3 is 1.51 bits per heavy atom. The predicted molar refractivity (Wildman–Crippen MR) is 211 cm³/mol. The Morgan fingerprint density at radius 2 is 0.816 bits per heavy atom. The Bertz CT molecular complexity index is 2930. The van der Waals surface area contributed by atoms with Crippen LogP contribution in [-0.2, 0) is 0 Å². The maximum absolute atomic E-state index is 2.42. The van der Waals surface area contributed by atoms with Crippen LogP contribution in [0.15, 0.2) is 164 Å². The molecular formula is C49H30. The van der Waals surface area contributed by atoms with Crippen LogP contribution in [0.25, 0.3) is 109 Å². The van der Waals surface area contributed by atoms with Gasteiger partial charge in [-0.1, -0.05) is 169 Å². The molecule has 0 fully saturated rings. The number of rotatable bonds is 3. The molecule has 226 valence electrons. The smallest absolute Gasteiger partial charge is 0.000718 e. The molecule has 0 spiro atoms. The van der Waals surface area contributed by atoms with Gasteiger partial charge in [0.2, 0.25) is 0 Å². The fourth-order valence-corrected chi connectivity index (χ4v) is 9.08. The Labute approximate surface area is 284 Å². The molecular weight excluding hydrogens is 589 g/mol. The average molecular weight is 619 g/mol. The zero-order chi connectivity index (χ0) is 32.2. The van der Waals surface area contributed by atoms with Crippen LogP contribution in [0.3, 0.4) is 0 Å². The van der Waals surface area contributed by atoms with Crippen LogP contribution >= 0.6 is 0 Å². The Hall–Kier alpha value is -6.24. The van der Waals surface area contributed by atoms with Crippen molar-refractivity contribution in [2.24, 2.45) is 0 Å². The molecule has 10 aromatic rings. The lowest BCUT2D eigenvalue weighted by molar-refractivity contribution is 1.47. The van der Waals surface area contributed by atoms with Crippen LogP contribution in [0.2, 0.25) is 0 Å². The van der Waals surface area contributed by atoms with E-state index in [2.05, 4.69) is 171 Å². The Kier molecular flexibility index (Phi) is 5.41. The van der Waals surface area contributed by atoms with Crippen molar-refractivity contribution in [1.29, 1.82) is 0 Å². The van der Waals surface area contributed by atoms with E-state index in [0.29, 0.717) is 0 Å². The summed E-state index contributed by atoms with van der Waals surface area (Å²) >= 11 is 0. The molecule has 0 saturated heterocycles. The van der Waals surface area contributed by atoms with E-state index in [0.717, 1.165) is 0 Å². The van der Waals surface area contributed by atoms with Crippen LogP contribution in [0.1, 0.15) is 5.56 Å². The Morgan fingerprint density at radius 1 is 0.286 bits per heavy atom. The topological polar surface area (TPSA) is 0 Å². The molecule has 1 aliphatic rings. The third-order valence-electron chi connectivity index (χ3n) is 11.0. The van der Waals surface area contributed by atoms with Crippen LogP contribution in [0.5, 0.6) is 0 Å². The highest BCUT2D eigenvalue weighted by molar-refractivity contribution is 6.39. The molecule has 0 heteroatoms. The summed E-state index contributed by atoms with van der Waals surface area (Å²) in [4.78, 5) is 0. The molecule has 0 amide bonds. The van der Waals surface area contributed by atoms with Crippen molar-refractivity contribution in [3.8, 4) is 55.6 Å². The number of hydrogen-bond donors (Lipinski definition) is 0. The van der Waals surface area contributed by atoms with Crippen LogP contribution in [-0.4, -0.2) is 0 Å². The van der Waals surface area contributed by atoms with Crippen molar-refractivity contribution >= 4 is 53.9 Å². The first-order chi connectivity index (χ1) is 24.3. The fraction of sp³-hybridized carbons (Fsp3) is 0.0204. The first-order valence-corrected chi connectivity index (χ1v) is 17.2. The first kappa shape index (κ1) is 26.8. The van der Waals surface area contributed by atoms with E-state index < -0.39 is 0 Å². The van der Waals surface area contributed by atoms with Crippen molar-refractivity contribution in [2.45, 2.75) is 6.92 Å². The van der Waals surface area contributed by atoms with Crippen molar-refractivity contribution in [3.63, 3.8) is 0 Å². The van der Waals surface area contributed by atoms with Gasteiger partial charge >= 0.3 is 0 Å². The number of fused-ring (bicyclic) bond motifs is 6. The first-order valence-electron chi connectivity index (χ1n) is 17.2. The molecule has 1 aliphatic carbocycles. The third-order valence-corrected chi connectivity index (χ3v) is 11.0. The summed E-state index contributed by atoms with van der Waals surface area (Å²) < 4.78 is 0. The molecule has 0 nitrogen and oxygen atoms in total. The van der Waals surface area contributed by atoms with Crippen molar-refractivity contribution < 1.29 is 0 Å². The van der Waals surface area contributed by atoms with Gasteiger partial charge in [-0.3, -0.25) is 0 Å². The van der Waals surface area contributed by atoms with E-state index in [1.165, 1.54) is 115 Å². The largest absolute Gasteiger partial charge is 0.0622 e. The molecule has 11 rings (SSSR count). The standard InChI is InChI=1S/C49H30/c1-29-12-9-17-32(28-29)44-37-20-7-8-21-38(37)46(34-19-6-5-18-33(34)30-13-3-2-4-14-30)49-42-27-25-40-36-23-11-16-31-15-10-22-35(43(31)36)39-24-26-41(48(44)49)47(42)45(39)40/h2-28H,1H3. The molecule has 49 heavy (non-hydrogen) atoms. The Balaban J connectivity index is 1.38. The maximum Gasteiger partial charge on any atom is -0.000718 e. The minimum atomic E-state index is 1.23. The molecule has 10 aromatic carbocycles. The summed E-state index contributed by atoms with van der Waals surface area (Å²) in [5.74, 6) is 0. The van der Waals surface area contributed by atoms with Gasteiger partial charge in [-0.2, -0.15) is 0 Å². The van der Waals surface area contributed by atoms with Gasteiger partial charge < -0.3 is 0 Å². The lowest BCUT2D eigenvalue weighted by Crippen LogP contribution is -1.95. The monoisotopic (exact) mass is 618 g/mol. The van der Waals surface area contributed by atoms with Crippen LogP contribution in [0, 0.1) is 6.92 Å². The maximum atomic E-state index is 2.42. The third kappa shape index (κ3) is 3.58. The quantitative estimate of drug-likeness (QED) is 0.136.